The maximum Gasteiger partial charge on any atom is 0.200 e. The number of ether oxygens (including phenoxy) is 1. The molecule has 0 fully saturated rings. The number of rotatable bonds is 3. The summed E-state index contributed by atoms with van der Waals surface area (Å²) in [4.78, 5) is 0. The number of hydrogen-bond acceptors (Lipinski definition) is 3. The smallest absolute Gasteiger partial charge is 0.200 e. The Morgan fingerprint density at radius 2 is 2.25 bits per heavy atom. The second kappa shape index (κ2) is 5.88. The molecule has 0 aliphatic carbocycles. The largest absolute Gasteiger partial charge is 0.452 e. The molecule has 0 spiro atoms. The van der Waals surface area contributed by atoms with Gasteiger partial charge in [-0.1, -0.05) is 6.58 Å². The van der Waals surface area contributed by atoms with Gasteiger partial charge in [0.2, 0.25) is 6.40 Å². The molecule has 0 aliphatic rings. The first-order chi connectivity index (χ1) is 3.91. The van der Waals surface area contributed by atoms with Gasteiger partial charge < -0.3 is 4.74 Å². The van der Waals surface area contributed by atoms with Gasteiger partial charge in [0.1, 0.15) is 0 Å². The Hall–Kier alpha value is -1.12. The normalized spacial score (nSPS) is 10.6. The molecule has 3 heteroatoms. The van der Waals surface area contributed by atoms with Crippen LogP contribution in [0.4, 0.5) is 0 Å². The van der Waals surface area contributed by atoms with Crippen molar-refractivity contribution in [3.05, 3.63) is 12.8 Å². The third kappa shape index (κ3) is 4.88. The zero-order valence-corrected chi connectivity index (χ0v) is 4.74. The first-order valence-electron chi connectivity index (χ1n) is 2.17. The molecule has 0 heterocycles. The highest BCUT2D eigenvalue weighted by Crippen LogP contribution is 1.68. The Kier molecular flexibility index (Phi) is 5.06. The van der Waals surface area contributed by atoms with Gasteiger partial charge in [0.05, 0.1) is 6.26 Å². The molecule has 0 rings (SSSR count). The van der Waals surface area contributed by atoms with Gasteiger partial charge in [0, 0.05) is 6.21 Å². The summed E-state index contributed by atoms with van der Waals surface area (Å²) in [5, 5.41) is 6.91. The van der Waals surface area contributed by atoms with E-state index in [-0.39, 0.29) is 0 Å². The first-order valence-corrected chi connectivity index (χ1v) is 2.17. The molecule has 0 unspecified atom stereocenters. The fourth-order valence-corrected chi connectivity index (χ4v) is 0.164. The van der Waals surface area contributed by atoms with Crippen molar-refractivity contribution in [3.8, 4) is 0 Å². The van der Waals surface area contributed by atoms with Gasteiger partial charge >= 0.3 is 0 Å². The van der Waals surface area contributed by atoms with E-state index >= 15 is 0 Å². The highest BCUT2D eigenvalue weighted by atomic mass is 16.5. The number of hydrogen-bond donors (Lipinski definition) is 0. The minimum Gasteiger partial charge on any atom is -0.452 e. The van der Waals surface area contributed by atoms with Crippen molar-refractivity contribution in [2.45, 2.75) is 6.92 Å². The molecule has 0 aromatic carbocycles. The van der Waals surface area contributed by atoms with E-state index in [1.165, 1.54) is 12.7 Å². The SMILES string of the molecule is C=COC=NN=CC. The average molecular weight is 112 g/mol. The van der Waals surface area contributed by atoms with Crippen molar-refractivity contribution >= 4 is 12.6 Å². The third-order valence-corrected chi connectivity index (χ3v) is 0.386. The van der Waals surface area contributed by atoms with Crippen LogP contribution in [0.3, 0.4) is 0 Å². The molecule has 44 valence electrons. The summed E-state index contributed by atoms with van der Waals surface area (Å²) in [6.45, 7) is 5.06. The summed E-state index contributed by atoms with van der Waals surface area (Å²) in [5.74, 6) is 0. The Morgan fingerprint density at radius 1 is 1.50 bits per heavy atom. The zero-order chi connectivity index (χ0) is 6.24. The van der Waals surface area contributed by atoms with Crippen LogP contribution in [0.1, 0.15) is 6.92 Å². The van der Waals surface area contributed by atoms with Crippen molar-refractivity contribution in [1.82, 2.24) is 0 Å². The van der Waals surface area contributed by atoms with Crippen molar-refractivity contribution in [1.29, 1.82) is 0 Å². The van der Waals surface area contributed by atoms with Crippen molar-refractivity contribution < 1.29 is 4.74 Å². The van der Waals surface area contributed by atoms with E-state index in [1.807, 2.05) is 0 Å². The monoisotopic (exact) mass is 112 g/mol. The Morgan fingerprint density at radius 3 is 2.75 bits per heavy atom. The summed E-state index contributed by atoms with van der Waals surface area (Å²) < 4.78 is 4.49. The van der Waals surface area contributed by atoms with Gasteiger partial charge in [-0.2, -0.15) is 5.10 Å². The van der Waals surface area contributed by atoms with Gasteiger partial charge in [-0.25, -0.2) is 0 Å². The molecule has 3 nitrogen and oxygen atoms in total. The van der Waals surface area contributed by atoms with Gasteiger partial charge in [-0.15, -0.1) is 5.10 Å². The maximum absolute atomic E-state index is 4.49. The minimum atomic E-state index is 1.20. The Labute approximate surface area is 48.4 Å². The Bertz CT molecular complexity index is 107. The van der Waals surface area contributed by atoms with Crippen molar-refractivity contribution in [3.63, 3.8) is 0 Å². The van der Waals surface area contributed by atoms with E-state index in [1.54, 1.807) is 13.1 Å². The van der Waals surface area contributed by atoms with E-state index in [9.17, 15) is 0 Å². The topological polar surface area (TPSA) is 34.0 Å². The molecule has 0 N–H and O–H groups in total. The average Bonchev–Trinajstić information content (AvgIpc) is 1.81. The third-order valence-electron chi connectivity index (χ3n) is 0.386. The van der Waals surface area contributed by atoms with Crippen molar-refractivity contribution in [2.75, 3.05) is 0 Å². The summed E-state index contributed by atoms with van der Waals surface area (Å²) in [7, 11) is 0. The molecular formula is C5H8N2O. The lowest BCUT2D eigenvalue weighted by Crippen LogP contribution is -1.71. The van der Waals surface area contributed by atoms with Crippen LogP contribution in [0, 0.1) is 0 Å². The highest BCUT2D eigenvalue weighted by molar-refractivity contribution is 5.55. The molecule has 0 aromatic heterocycles. The van der Waals surface area contributed by atoms with Crippen molar-refractivity contribution in [2.24, 2.45) is 10.2 Å². The molecule has 0 saturated heterocycles. The van der Waals surface area contributed by atoms with E-state index in [0.717, 1.165) is 0 Å². The fraction of sp³-hybridized carbons (Fsp3) is 0.200. The molecule has 0 radical (unpaired) electrons. The van der Waals surface area contributed by atoms with Crippen LogP contribution in [0.25, 0.3) is 0 Å². The first kappa shape index (κ1) is 6.88. The maximum atomic E-state index is 4.49. The Balaban J connectivity index is 3.19. The molecular weight excluding hydrogens is 104 g/mol. The standard InChI is InChI=1S/C5H8N2O/c1-3-6-7-5-8-4-2/h3-5H,2H2,1H3. The molecule has 0 amide bonds. The summed E-state index contributed by atoms with van der Waals surface area (Å²) in [6, 6.07) is 0. The van der Waals surface area contributed by atoms with E-state index in [4.69, 9.17) is 0 Å². The molecule has 0 aromatic rings. The van der Waals surface area contributed by atoms with E-state index in [0.29, 0.717) is 0 Å². The van der Waals surface area contributed by atoms with Crippen LogP contribution in [-0.2, 0) is 4.74 Å². The van der Waals surface area contributed by atoms with Gasteiger partial charge in [0.25, 0.3) is 0 Å². The molecule has 0 bridgehead atoms. The van der Waals surface area contributed by atoms with Gasteiger partial charge in [0.15, 0.2) is 0 Å². The summed E-state index contributed by atoms with van der Waals surface area (Å²) >= 11 is 0. The molecule has 0 saturated carbocycles. The van der Waals surface area contributed by atoms with Gasteiger partial charge in [-0.3, -0.25) is 0 Å². The van der Waals surface area contributed by atoms with E-state index < -0.39 is 0 Å². The second-order valence-electron chi connectivity index (χ2n) is 0.897. The van der Waals surface area contributed by atoms with E-state index in [2.05, 4.69) is 21.5 Å². The molecule has 8 heavy (non-hydrogen) atoms. The lowest BCUT2D eigenvalue weighted by Gasteiger charge is -1.79. The minimum absolute atomic E-state index is 1.20. The van der Waals surface area contributed by atoms with Crippen LogP contribution < -0.4 is 0 Å². The summed E-state index contributed by atoms with van der Waals surface area (Å²) in [6.07, 6.45) is 4.03. The molecule has 0 atom stereocenters. The lowest BCUT2D eigenvalue weighted by atomic mass is 10.9. The lowest BCUT2D eigenvalue weighted by molar-refractivity contribution is 0.494. The fourth-order valence-electron chi connectivity index (χ4n) is 0.164. The summed E-state index contributed by atoms with van der Waals surface area (Å²) in [5.41, 5.74) is 0. The number of nitrogens with zero attached hydrogens (tertiary/aromatic N) is 2. The van der Waals surface area contributed by atoms with Crippen LogP contribution in [0.15, 0.2) is 23.0 Å². The predicted octanol–water partition coefficient (Wildman–Crippen LogP) is 1.18. The van der Waals surface area contributed by atoms with Crippen LogP contribution >= 0.6 is 0 Å². The quantitative estimate of drug-likeness (QED) is 0.233. The van der Waals surface area contributed by atoms with Crippen LogP contribution in [0.5, 0.6) is 0 Å². The second-order valence-corrected chi connectivity index (χ2v) is 0.897. The molecule has 0 aliphatic heterocycles. The zero-order valence-electron chi connectivity index (χ0n) is 4.74. The highest BCUT2D eigenvalue weighted by Gasteiger charge is 1.59. The van der Waals surface area contributed by atoms with Gasteiger partial charge in [-0.05, 0) is 6.92 Å². The predicted molar refractivity (Wildman–Crippen MR) is 33.9 cm³/mol. The van der Waals surface area contributed by atoms with Crippen LogP contribution in [-0.4, -0.2) is 12.6 Å². The van der Waals surface area contributed by atoms with Crippen LogP contribution in [0.2, 0.25) is 0 Å².